The molecule has 6 nitrogen and oxygen atoms in total. The van der Waals surface area contributed by atoms with E-state index in [-0.39, 0.29) is 23.6 Å². The van der Waals surface area contributed by atoms with E-state index >= 15 is 0 Å². The third-order valence-corrected chi connectivity index (χ3v) is 4.76. The molecule has 0 bridgehead atoms. The van der Waals surface area contributed by atoms with Crippen LogP contribution in [0.4, 0.5) is 4.79 Å². The van der Waals surface area contributed by atoms with E-state index in [1.807, 2.05) is 13.8 Å². The molecule has 7 heteroatoms. The van der Waals surface area contributed by atoms with Gasteiger partial charge in [0.05, 0.1) is 5.75 Å². The molecule has 2 amide bonds. The van der Waals surface area contributed by atoms with Crippen LogP contribution in [0, 0.1) is 0 Å². The third kappa shape index (κ3) is 5.74. The summed E-state index contributed by atoms with van der Waals surface area (Å²) in [5.74, 6) is 0.207. The Bertz CT molecular complexity index is 611. The summed E-state index contributed by atoms with van der Waals surface area (Å²) in [6, 6.07) is 6.83. The van der Waals surface area contributed by atoms with Crippen molar-refractivity contribution in [1.29, 1.82) is 0 Å². The Morgan fingerprint density at radius 1 is 1.17 bits per heavy atom. The van der Waals surface area contributed by atoms with Gasteiger partial charge in [-0.1, -0.05) is 19.1 Å². The highest BCUT2D eigenvalue weighted by Gasteiger charge is 2.20. The lowest BCUT2D eigenvalue weighted by molar-refractivity contribution is 0.148. The number of rotatable bonds is 7. The van der Waals surface area contributed by atoms with E-state index in [0.717, 1.165) is 12.0 Å². The van der Waals surface area contributed by atoms with Gasteiger partial charge in [0.1, 0.15) is 5.75 Å². The van der Waals surface area contributed by atoms with Gasteiger partial charge in [-0.25, -0.2) is 4.79 Å². The largest absolute Gasteiger partial charge is 0.382 e. The van der Waals surface area contributed by atoms with E-state index in [1.54, 1.807) is 48.2 Å². The molecule has 0 aromatic heterocycles. The van der Waals surface area contributed by atoms with Crippen molar-refractivity contribution in [3.63, 3.8) is 0 Å². The van der Waals surface area contributed by atoms with Crippen molar-refractivity contribution in [2.45, 2.75) is 39.8 Å². The Balaban J connectivity index is 2.88. The third-order valence-electron chi connectivity index (χ3n) is 3.60. The fourth-order valence-corrected chi connectivity index (χ4v) is 2.46. The van der Waals surface area contributed by atoms with Crippen molar-refractivity contribution < 1.29 is 17.4 Å². The maximum absolute atomic E-state index is 12.3. The Kier molecular flexibility index (Phi) is 6.87. The normalized spacial score (nSPS) is 12.6. The summed E-state index contributed by atoms with van der Waals surface area (Å²) >= 11 is 0. The maximum Gasteiger partial charge on any atom is 0.320 e. The van der Waals surface area contributed by atoms with Gasteiger partial charge in [-0.15, -0.1) is 0 Å². The van der Waals surface area contributed by atoms with E-state index in [1.165, 1.54) is 6.92 Å². The van der Waals surface area contributed by atoms with Crippen LogP contribution in [0.1, 0.15) is 32.8 Å². The monoisotopic (exact) mass is 342 g/mol. The second-order valence-corrected chi connectivity index (χ2v) is 7.50. The number of carbonyl (C=O) groups excluding carboxylic acids is 1. The van der Waals surface area contributed by atoms with Gasteiger partial charge in [0.25, 0.3) is 0 Å². The molecule has 0 radical (unpaired) electrons. The molecule has 1 atom stereocenters. The molecule has 1 aromatic rings. The quantitative estimate of drug-likeness (QED) is 0.715. The van der Waals surface area contributed by atoms with Crippen molar-refractivity contribution in [1.82, 2.24) is 9.80 Å². The molecule has 0 spiro atoms. The van der Waals surface area contributed by atoms with Crippen molar-refractivity contribution in [3.8, 4) is 5.75 Å². The molecule has 0 unspecified atom stereocenters. The van der Waals surface area contributed by atoms with Crippen LogP contribution >= 0.6 is 0 Å². The second kappa shape index (κ2) is 8.19. The first-order valence-corrected chi connectivity index (χ1v) is 9.27. The Hall–Kier alpha value is -1.76. The van der Waals surface area contributed by atoms with Crippen LogP contribution < -0.4 is 4.18 Å². The lowest BCUT2D eigenvalue weighted by atomic mass is 10.1. The van der Waals surface area contributed by atoms with Crippen LogP contribution in [0.25, 0.3) is 0 Å². The summed E-state index contributed by atoms with van der Waals surface area (Å²) in [7, 11) is -0.0688. The SMILES string of the molecule is CC[C@@H](C)N(Cc1ccc(OS(=O)(=O)CC)cc1)C(=O)N(C)C. The molecule has 0 aliphatic heterocycles. The zero-order valence-electron chi connectivity index (χ0n) is 14.4. The summed E-state index contributed by atoms with van der Waals surface area (Å²) in [6.45, 7) is 6.03. The summed E-state index contributed by atoms with van der Waals surface area (Å²) in [6.07, 6.45) is 0.857. The van der Waals surface area contributed by atoms with E-state index in [2.05, 4.69) is 0 Å². The van der Waals surface area contributed by atoms with Crippen LogP contribution in [0.5, 0.6) is 5.75 Å². The van der Waals surface area contributed by atoms with Gasteiger partial charge in [0, 0.05) is 26.7 Å². The van der Waals surface area contributed by atoms with Crippen molar-refractivity contribution in [3.05, 3.63) is 29.8 Å². The van der Waals surface area contributed by atoms with Gasteiger partial charge in [0.15, 0.2) is 0 Å². The smallest absolute Gasteiger partial charge is 0.320 e. The average molecular weight is 342 g/mol. The molecule has 1 rings (SSSR count). The van der Waals surface area contributed by atoms with Crippen LogP contribution in [-0.4, -0.2) is 50.1 Å². The van der Waals surface area contributed by atoms with Crippen molar-refractivity contribution in [2.24, 2.45) is 0 Å². The van der Waals surface area contributed by atoms with Crippen LogP contribution in [0.15, 0.2) is 24.3 Å². The van der Waals surface area contributed by atoms with E-state index in [9.17, 15) is 13.2 Å². The van der Waals surface area contributed by atoms with Gasteiger partial charge >= 0.3 is 16.1 Å². The highest BCUT2D eigenvalue weighted by Crippen LogP contribution is 2.18. The first-order chi connectivity index (χ1) is 10.7. The zero-order chi connectivity index (χ0) is 17.6. The molecule has 0 saturated heterocycles. The fourth-order valence-electron chi connectivity index (χ4n) is 1.94. The topological polar surface area (TPSA) is 66.9 Å². The van der Waals surface area contributed by atoms with Crippen LogP contribution in [0.3, 0.4) is 0 Å². The molecular formula is C16H26N2O4S. The molecule has 130 valence electrons. The van der Waals surface area contributed by atoms with Gasteiger partial charge < -0.3 is 14.0 Å². The highest BCUT2D eigenvalue weighted by molar-refractivity contribution is 7.87. The molecule has 23 heavy (non-hydrogen) atoms. The standard InChI is InChI=1S/C16H26N2O4S/c1-6-13(3)18(16(19)17(4)5)12-14-8-10-15(11-9-14)22-23(20,21)7-2/h8-11,13H,6-7,12H2,1-5H3/t13-/m1/s1. The Morgan fingerprint density at radius 2 is 1.74 bits per heavy atom. The van der Waals surface area contributed by atoms with Gasteiger partial charge in [-0.3, -0.25) is 0 Å². The van der Waals surface area contributed by atoms with Crippen LogP contribution in [-0.2, 0) is 16.7 Å². The molecule has 0 fully saturated rings. The highest BCUT2D eigenvalue weighted by atomic mass is 32.2. The fraction of sp³-hybridized carbons (Fsp3) is 0.562. The van der Waals surface area contributed by atoms with E-state index in [4.69, 9.17) is 4.18 Å². The summed E-state index contributed by atoms with van der Waals surface area (Å²) in [5, 5.41) is 0. The molecule has 0 aliphatic carbocycles. The van der Waals surface area contributed by atoms with Crippen LogP contribution in [0.2, 0.25) is 0 Å². The predicted molar refractivity (Wildman–Crippen MR) is 90.9 cm³/mol. The molecule has 0 aliphatic rings. The summed E-state index contributed by atoms with van der Waals surface area (Å²) in [4.78, 5) is 15.6. The Morgan fingerprint density at radius 3 is 2.17 bits per heavy atom. The molecule has 0 saturated carbocycles. The first-order valence-electron chi connectivity index (χ1n) is 7.69. The number of urea groups is 1. The minimum Gasteiger partial charge on any atom is -0.382 e. The zero-order valence-corrected chi connectivity index (χ0v) is 15.3. The number of hydrogen-bond acceptors (Lipinski definition) is 4. The maximum atomic E-state index is 12.3. The first kappa shape index (κ1) is 19.3. The molecule has 1 aromatic carbocycles. The molecule has 0 heterocycles. The van der Waals surface area contributed by atoms with E-state index < -0.39 is 10.1 Å². The summed E-state index contributed by atoms with van der Waals surface area (Å²) < 4.78 is 27.8. The summed E-state index contributed by atoms with van der Waals surface area (Å²) in [5.41, 5.74) is 0.918. The van der Waals surface area contributed by atoms with Gasteiger partial charge in [-0.2, -0.15) is 8.42 Å². The lowest BCUT2D eigenvalue weighted by Crippen LogP contribution is -2.43. The minimum absolute atomic E-state index is 0.0479. The molecule has 0 N–H and O–H groups in total. The van der Waals surface area contributed by atoms with Crippen molar-refractivity contribution >= 4 is 16.1 Å². The number of hydrogen-bond donors (Lipinski definition) is 0. The lowest BCUT2D eigenvalue weighted by Gasteiger charge is -2.31. The number of benzene rings is 1. The van der Waals surface area contributed by atoms with Gasteiger partial charge in [0.2, 0.25) is 0 Å². The van der Waals surface area contributed by atoms with Crippen molar-refractivity contribution in [2.75, 3.05) is 19.8 Å². The average Bonchev–Trinajstić information content (AvgIpc) is 2.52. The number of carbonyl (C=O) groups is 1. The minimum atomic E-state index is -3.52. The predicted octanol–water partition coefficient (Wildman–Crippen LogP) is 2.70. The Labute approximate surface area is 139 Å². The van der Waals surface area contributed by atoms with E-state index in [0.29, 0.717) is 6.54 Å². The second-order valence-electron chi connectivity index (χ2n) is 5.64. The number of amides is 2. The number of nitrogens with zero attached hydrogens (tertiary/aromatic N) is 2. The molecular weight excluding hydrogens is 316 g/mol. The van der Waals surface area contributed by atoms with Gasteiger partial charge in [-0.05, 0) is 38.0 Å².